The van der Waals surface area contributed by atoms with E-state index in [1.807, 2.05) is 21.0 Å². The second kappa shape index (κ2) is 8.42. The summed E-state index contributed by atoms with van der Waals surface area (Å²) in [5.74, 6) is 0.538. The Morgan fingerprint density at radius 3 is 2.79 bits per heavy atom. The summed E-state index contributed by atoms with van der Waals surface area (Å²) in [7, 11) is 4.09. The lowest BCUT2D eigenvalue weighted by Crippen LogP contribution is -2.25. The van der Waals surface area contributed by atoms with Crippen LogP contribution in [0.3, 0.4) is 0 Å². The van der Waals surface area contributed by atoms with Crippen molar-refractivity contribution in [3.63, 3.8) is 0 Å². The molecule has 19 heavy (non-hydrogen) atoms. The van der Waals surface area contributed by atoms with Gasteiger partial charge in [0.1, 0.15) is 17.8 Å². The van der Waals surface area contributed by atoms with Crippen molar-refractivity contribution in [2.75, 3.05) is 39.0 Å². The molecule has 0 saturated heterocycles. The summed E-state index contributed by atoms with van der Waals surface area (Å²) in [5, 5.41) is 5.99. The molecule has 0 spiro atoms. The van der Waals surface area contributed by atoms with E-state index in [1.165, 1.54) is 6.33 Å². The molecule has 0 aliphatic heterocycles. The molecular weight excluding hydrogens is 242 g/mol. The first-order chi connectivity index (χ1) is 9.13. The second-order valence-corrected chi connectivity index (χ2v) is 4.63. The van der Waals surface area contributed by atoms with E-state index in [9.17, 15) is 4.79 Å². The van der Waals surface area contributed by atoms with Crippen LogP contribution in [0.15, 0.2) is 12.4 Å². The molecule has 0 atom stereocenters. The van der Waals surface area contributed by atoms with Crippen molar-refractivity contribution in [2.24, 2.45) is 0 Å². The van der Waals surface area contributed by atoms with E-state index in [2.05, 4.69) is 25.5 Å². The molecule has 0 aromatic carbocycles. The van der Waals surface area contributed by atoms with Crippen molar-refractivity contribution in [1.82, 2.24) is 20.2 Å². The van der Waals surface area contributed by atoms with E-state index in [0.29, 0.717) is 18.1 Å². The van der Waals surface area contributed by atoms with Gasteiger partial charge in [0.25, 0.3) is 5.91 Å². The van der Waals surface area contributed by atoms with Gasteiger partial charge in [-0.3, -0.25) is 4.79 Å². The van der Waals surface area contributed by atoms with Gasteiger partial charge in [0.15, 0.2) is 0 Å². The zero-order chi connectivity index (χ0) is 14.1. The number of carbonyl (C=O) groups excluding carboxylic acids is 1. The Morgan fingerprint density at radius 2 is 2.11 bits per heavy atom. The van der Waals surface area contributed by atoms with Crippen LogP contribution in [0.2, 0.25) is 0 Å². The van der Waals surface area contributed by atoms with E-state index < -0.39 is 0 Å². The molecule has 1 heterocycles. The number of hydrogen-bond acceptors (Lipinski definition) is 5. The molecule has 0 aliphatic carbocycles. The Balaban J connectivity index is 2.45. The number of aromatic nitrogens is 2. The second-order valence-electron chi connectivity index (χ2n) is 4.63. The molecule has 0 saturated carbocycles. The highest BCUT2D eigenvalue weighted by Gasteiger charge is 2.07. The molecule has 1 aromatic rings. The van der Waals surface area contributed by atoms with Gasteiger partial charge in [0.2, 0.25) is 0 Å². The first-order valence-electron chi connectivity index (χ1n) is 6.62. The average molecular weight is 265 g/mol. The highest BCUT2D eigenvalue weighted by atomic mass is 16.1. The minimum absolute atomic E-state index is 0.152. The molecule has 0 aliphatic rings. The average Bonchev–Trinajstić information content (AvgIpc) is 2.41. The number of nitrogens with zero attached hydrogens (tertiary/aromatic N) is 3. The number of rotatable bonds is 8. The lowest BCUT2D eigenvalue weighted by Gasteiger charge is -2.10. The van der Waals surface area contributed by atoms with E-state index in [1.54, 1.807) is 6.07 Å². The van der Waals surface area contributed by atoms with Crippen molar-refractivity contribution in [1.29, 1.82) is 0 Å². The van der Waals surface area contributed by atoms with Gasteiger partial charge in [0, 0.05) is 19.2 Å². The van der Waals surface area contributed by atoms with Gasteiger partial charge in [-0.2, -0.15) is 0 Å². The predicted octanol–water partition coefficient (Wildman–Crippen LogP) is 0.980. The Kier molecular flexibility index (Phi) is 6.81. The topological polar surface area (TPSA) is 70.2 Å². The number of amides is 1. The molecule has 6 nitrogen and oxygen atoms in total. The van der Waals surface area contributed by atoms with Crippen LogP contribution < -0.4 is 10.6 Å². The van der Waals surface area contributed by atoms with E-state index in [-0.39, 0.29) is 5.91 Å². The molecule has 1 aromatic heterocycles. The number of anilines is 1. The monoisotopic (exact) mass is 265 g/mol. The molecule has 106 valence electrons. The van der Waals surface area contributed by atoms with Gasteiger partial charge in [-0.15, -0.1) is 0 Å². The molecule has 1 amide bonds. The third-order valence-corrected chi connectivity index (χ3v) is 2.52. The van der Waals surface area contributed by atoms with Gasteiger partial charge >= 0.3 is 0 Å². The molecule has 6 heteroatoms. The number of carbonyl (C=O) groups is 1. The highest BCUT2D eigenvalue weighted by molar-refractivity contribution is 5.92. The number of nitrogens with one attached hydrogen (secondary N) is 2. The molecule has 0 bridgehead atoms. The fourth-order valence-corrected chi connectivity index (χ4v) is 1.52. The Labute approximate surface area is 114 Å². The summed E-state index contributed by atoms with van der Waals surface area (Å²) in [4.78, 5) is 21.9. The summed E-state index contributed by atoms with van der Waals surface area (Å²) >= 11 is 0. The van der Waals surface area contributed by atoms with E-state index >= 15 is 0 Å². The van der Waals surface area contributed by atoms with Gasteiger partial charge in [-0.1, -0.05) is 6.92 Å². The van der Waals surface area contributed by atoms with E-state index in [0.717, 1.165) is 25.9 Å². The molecule has 1 rings (SSSR count). The summed E-state index contributed by atoms with van der Waals surface area (Å²) < 4.78 is 0. The van der Waals surface area contributed by atoms with Crippen LogP contribution in [0, 0.1) is 0 Å². The third-order valence-electron chi connectivity index (χ3n) is 2.52. The van der Waals surface area contributed by atoms with Gasteiger partial charge in [0.05, 0.1) is 0 Å². The molecule has 2 N–H and O–H groups in total. The van der Waals surface area contributed by atoms with Crippen molar-refractivity contribution < 1.29 is 4.79 Å². The van der Waals surface area contributed by atoms with Crippen LogP contribution in [0.4, 0.5) is 5.82 Å². The summed E-state index contributed by atoms with van der Waals surface area (Å²) in [6.07, 6.45) is 3.34. The van der Waals surface area contributed by atoms with Gasteiger partial charge in [-0.05, 0) is 33.5 Å². The normalized spacial score (nSPS) is 10.5. The fourth-order valence-electron chi connectivity index (χ4n) is 1.52. The Bertz CT molecular complexity index is 394. The fraction of sp³-hybridized carbons (Fsp3) is 0.615. The molecule has 0 fully saturated rings. The van der Waals surface area contributed by atoms with Gasteiger partial charge < -0.3 is 15.5 Å². The predicted molar refractivity (Wildman–Crippen MR) is 76.3 cm³/mol. The first-order valence-corrected chi connectivity index (χ1v) is 6.62. The van der Waals surface area contributed by atoms with Crippen LogP contribution in [0.1, 0.15) is 30.3 Å². The maximum atomic E-state index is 11.7. The van der Waals surface area contributed by atoms with Crippen molar-refractivity contribution in [3.8, 4) is 0 Å². The first kappa shape index (κ1) is 15.4. The number of hydrogen-bond donors (Lipinski definition) is 2. The lowest BCUT2D eigenvalue weighted by molar-refractivity contribution is 0.0948. The lowest BCUT2D eigenvalue weighted by atomic mass is 10.3. The van der Waals surface area contributed by atoms with Crippen LogP contribution in [0.25, 0.3) is 0 Å². The van der Waals surface area contributed by atoms with Crippen molar-refractivity contribution in [2.45, 2.75) is 19.8 Å². The molecule has 0 radical (unpaired) electrons. The molecule has 0 unspecified atom stereocenters. The van der Waals surface area contributed by atoms with Crippen LogP contribution in [-0.4, -0.2) is 54.5 Å². The van der Waals surface area contributed by atoms with Crippen molar-refractivity contribution in [3.05, 3.63) is 18.1 Å². The van der Waals surface area contributed by atoms with E-state index in [4.69, 9.17) is 0 Å². The Hall–Kier alpha value is -1.69. The third kappa shape index (κ3) is 6.15. The summed E-state index contributed by atoms with van der Waals surface area (Å²) in [6, 6.07) is 1.68. The maximum absolute atomic E-state index is 11.7. The molecular formula is C13H23N5O. The van der Waals surface area contributed by atoms with Crippen molar-refractivity contribution >= 4 is 11.7 Å². The highest BCUT2D eigenvalue weighted by Crippen LogP contribution is 2.04. The minimum atomic E-state index is -0.152. The quantitative estimate of drug-likeness (QED) is 0.686. The summed E-state index contributed by atoms with van der Waals surface area (Å²) in [5.41, 5.74) is 0.401. The maximum Gasteiger partial charge on any atom is 0.270 e. The van der Waals surface area contributed by atoms with Gasteiger partial charge in [-0.25, -0.2) is 9.97 Å². The largest absolute Gasteiger partial charge is 0.370 e. The minimum Gasteiger partial charge on any atom is -0.370 e. The summed E-state index contributed by atoms with van der Waals surface area (Å²) in [6.45, 7) is 4.51. The SMILES string of the molecule is CCCNC(=O)c1cc(NCCCN(C)C)ncn1. The zero-order valence-corrected chi connectivity index (χ0v) is 11.9. The van der Waals surface area contributed by atoms with Crippen LogP contribution in [0.5, 0.6) is 0 Å². The standard InChI is InChI=1S/C13H23N5O/c1-4-6-15-13(19)11-9-12(17-10-16-11)14-7-5-8-18(2)3/h9-10H,4-8H2,1-3H3,(H,15,19)(H,14,16,17). The smallest absolute Gasteiger partial charge is 0.270 e. The van der Waals surface area contributed by atoms with Crippen LogP contribution in [-0.2, 0) is 0 Å². The van der Waals surface area contributed by atoms with Crippen LogP contribution >= 0.6 is 0 Å². The Morgan fingerprint density at radius 1 is 1.32 bits per heavy atom. The zero-order valence-electron chi connectivity index (χ0n) is 11.9.